The van der Waals surface area contributed by atoms with Crippen molar-refractivity contribution in [2.45, 2.75) is 36.5 Å². The summed E-state index contributed by atoms with van der Waals surface area (Å²) in [6.07, 6.45) is 0.908. The Morgan fingerprint density at radius 3 is 2.27 bits per heavy atom. The van der Waals surface area contributed by atoms with Crippen molar-refractivity contribution in [2.24, 2.45) is 29.6 Å². The van der Waals surface area contributed by atoms with Crippen LogP contribution in [0.3, 0.4) is 0 Å². The molecule has 8 heteroatoms. The average molecular weight is 532 g/mol. The molecule has 0 radical (unpaired) electrons. The number of fused-ring (bicyclic) bond motifs is 9. The van der Waals surface area contributed by atoms with Gasteiger partial charge in [0.1, 0.15) is 0 Å². The van der Waals surface area contributed by atoms with Gasteiger partial charge in [-0.1, -0.05) is 41.7 Å². The first-order chi connectivity index (χ1) is 18.0. The Balaban J connectivity index is 1.29. The molecule has 2 amide bonds. The number of rotatable bonds is 5. The van der Waals surface area contributed by atoms with Crippen LogP contribution < -0.4 is 14.7 Å². The van der Waals surface area contributed by atoms with E-state index >= 15 is 0 Å². The molecule has 7 atom stereocenters. The summed E-state index contributed by atoms with van der Waals surface area (Å²) in [7, 11) is 0. The third kappa shape index (κ3) is 3.27. The summed E-state index contributed by atoms with van der Waals surface area (Å²) in [4.78, 5) is 47.8. The van der Waals surface area contributed by atoms with E-state index in [1.165, 1.54) is 27.5 Å². The largest absolute Gasteiger partial charge is 0.372 e. The molecular weight excluding hydrogens is 502 g/mol. The highest BCUT2D eigenvalue weighted by Crippen LogP contribution is 2.68. The molecule has 1 N–H and O–H groups in total. The van der Waals surface area contributed by atoms with E-state index in [4.69, 9.17) is 0 Å². The number of nitrogens with zero attached hydrogens (tertiary/aromatic N) is 2. The fraction of sp³-hybridized carbons (Fsp3) is 0.414. The molecule has 3 heterocycles. The molecular formula is C29H29N3O3S2. The zero-order valence-electron chi connectivity index (χ0n) is 20.8. The molecule has 37 heavy (non-hydrogen) atoms. The summed E-state index contributed by atoms with van der Waals surface area (Å²) in [6, 6.07) is 18.1. The van der Waals surface area contributed by atoms with Gasteiger partial charge in [0, 0.05) is 34.8 Å². The van der Waals surface area contributed by atoms with Crippen LogP contribution in [0.4, 0.5) is 11.4 Å². The van der Waals surface area contributed by atoms with Crippen LogP contribution in [0.15, 0.2) is 64.4 Å². The minimum Gasteiger partial charge on any atom is -0.372 e. The van der Waals surface area contributed by atoms with E-state index in [0.717, 1.165) is 29.4 Å². The van der Waals surface area contributed by atoms with E-state index in [9.17, 15) is 14.4 Å². The zero-order valence-corrected chi connectivity index (χ0v) is 22.4. The first-order valence-electron chi connectivity index (χ1n) is 13.2. The van der Waals surface area contributed by atoms with Crippen molar-refractivity contribution in [1.29, 1.82) is 0 Å². The fourth-order valence-electron chi connectivity index (χ4n) is 7.70. The number of benzene rings is 2. The van der Waals surface area contributed by atoms with E-state index in [1.807, 2.05) is 30.3 Å². The van der Waals surface area contributed by atoms with Gasteiger partial charge in [-0.15, -0.1) is 11.8 Å². The highest BCUT2D eigenvalue weighted by molar-refractivity contribution is 8.00. The molecule has 7 rings (SSSR count). The third-order valence-corrected chi connectivity index (χ3v) is 11.7. The van der Waals surface area contributed by atoms with Crippen molar-refractivity contribution in [3.05, 3.63) is 74.7 Å². The number of amides is 2. The predicted molar refractivity (Wildman–Crippen MR) is 147 cm³/mol. The predicted octanol–water partition coefficient (Wildman–Crippen LogP) is 4.96. The maximum absolute atomic E-state index is 13.8. The standard InChI is InChI=1S/C29H29N3O3S2/c1-3-31(4-2)16-12-10-15(11-13-16)20-21-18-14-19(24(21)36-26-25(20)37-29(35)30-26)23-22(18)27(33)32(28(23)34)17-8-6-5-7-9-17/h5-13,18-24H,3-4,14H2,1-2H3,(H,30,35)/t18-,19-,20+,21+,22+,23+,24-/m1/s1. The van der Waals surface area contributed by atoms with E-state index in [1.54, 1.807) is 11.8 Å². The number of aromatic amines is 1. The first kappa shape index (κ1) is 23.3. The Hall–Kier alpha value is -2.84. The van der Waals surface area contributed by atoms with E-state index < -0.39 is 0 Å². The number of hydrogen-bond acceptors (Lipinski definition) is 6. The van der Waals surface area contributed by atoms with Gasteiger partial charge in [0.05, 0.1) is 22.5 Å². The number of H-pyrrole nitrogens is 1. The normalized spacial score (nSPS) is 31.4. The topological polar surface area (TPSA) is 73.5 Å². The molecule has 2 bridgehead atoms. The van der Waals surface area contributed by atoms with Crippen molar-refractivity contribution >= 4 is 46.3 Å². The van der Waals surface area contributed by atoms with Gasteiger partial charge in [-0.2, -0.15) is 0 Å². The molecule has 1 aromatic heterocycles. The Bertz CT molecular complexity index is 1430. The summed E-state index contributed by atoms with van der Waals surface area (Å²) in [6.45, 7) is 6.22. The lowest BCUT2D eigenvalue weighted by atomic mass is 9.68. The van der Waals surface area contributed by atoms with Crippen LogP contribution in [0.5, 0.6) is 0 Å². The number of aromatic nitrogens is 1. The number of para-hydroxylation sites is 1. The van der Waals surface area contributed by atoms with Crippen LogP contribution in [0.1, 0.15) is 36.6 Å². The van der Waals surface area contributed by atoms with Crippen LogP contribution in [0.25, 0.3) is 0 Å². The van der Waals surface area contributed by atoms with Gasteiger partial charge in [0.2, 0.25) is 11.8 Å². The Morgan fingerprint density at radius 2 is 1.59 bits per heavy atom. The van der Waals surface area contributed by atoms with Crippen LogP contribution >= 0.6 is 23.1 Å². The Morgan fingerprint density at radius 1 is 0.919 bits per heavy atom. The third-order valence-electron chi connectivity index (χ3n) is 9.12. The summed E-state index contributed by atoms with van der Waals surface area (Å²) in [5.41, 5.74) is 3.07. The van der Waals surface area contributed by atoms with Crippen molar-refractivity contribution in [1.82, 2.24) is 4.98 Å². The van der Waals surface area contributed by atoms with E-state index in [2.05, 4.69) is 48.0 Å². The molecule has 3 fully saturated rings. The fourth-order valence-corrected chi connectivity index (χ4v) is 10.6. The summed E-state index contributed by atoms with van der Waals surface area (Å²) in [5.74, 6) is -0.0567. The van der Waals surface area contributed by atoms with Gasteiger partial charge in [0.25, 0.3) is 0 Å². The zero-order chi connectivity index (χ0) is 25.4. The molecule has 190 valence electrons. The van der Waals surface area contributed by atoms with Crippen LogP contribution in [0.2, 0.25) is 0 Å². The maximum atomic E-state index is 13.8. The molecule has 2 aromatic carbocycles. The van der Waals surface area contributed by atoms with E-state index in [0.29, 0.717) is 5.69 Å². The number of imide groups is 1. The average Bonchev–Trinajstić information content (AvgIpc) is 3.64. The molecule has 0 spiro atoms. The minimum atomic E-state index is -0.269. The SMILES string of the molecule is CCN(CC)c1ccc([C@@H]2c3sc(=O)[nH]c3S[C@@H]3[C@@H]4C[C@@H]([C@@H]5C(=O)N(c6ccccc6)C(=O)[C@@H]45)[C@@H]23)cc1. The number of carbonyl (C=O) groups is 2. The quantitative estimate of drug-likeness (QED) is 0.471. The van der Waals surface area contributed by atoms with Crippen LogP contribution in [0, 0.1) is 29.6 Å². The maximum Gasteiger partial charge on any atom is 0.305 e. The lowest BCUT2D eigenvalue weighted by molar-refractivity contribution is -0.123. The highest BCUT2D eigenvalue weighted by atomic mass is 32.2. The molecule has 1 saturated heterocycles. The molecule has 4 aliphatic rings. The van der Waals surface area contributed by atoms with Crippen molar-refractivity contribution < 1.29 is 9.59 Å². The second-order valence-corrected chi connectivity index (χ2v) is 12.8. The highest BCUT2D eigenvalue weighted by Gasteiger charge is 2.69. The summed E-state index contributed by atoms with van der Waals surface area (Å²) < 4.78 is 0. The summed E-state index contributed by atoms with van der Waals surface area (Å²) >= 11 is 3.05. The van der Waals surface area contributed by atoms with Gasteiger partial charge in [-0.25, -0.2) is 0 Å². The Labute approximate surface area is 224 Å². The lowest BCUT2D eigenvalue weighted by Crippen LogP contribution is -2.42. The number of carbonyl (C=O) groups excluding carboxylic acids is 2. The van der Waals surface area contributed by atoms with Crippen LogP contribution in [-0.4, -0.2) is 35.1 Å². The first-order valence-corrected chi connectivity index (χ1v) is 14.9. The number of thioether (sulfide) groups is 1. The molecule has 2 aliphatic heterocycles. The van der Waals surface area contributed by atoms with Gasteiger partial charge in [-0.3, -0.25) is 19.3 Å². The van der Waals surface area contributed by atoms with E-state index in [-0.39, 0.29) is 57.4 Å². The number of thiazole rings is 1. The monoisotopic (exact) mass is 531 g/mol. The molecule has 6 nitrogen and oxygen atoms in total. The van der Waals surface area contributed by atoms with Crippen molar-refractivity contribution in [3.63, 3.8) is 0 Å². The molecule has 3 aromatic rings. The van der Waals surface area contributed by atoms with Crippen LogP contribution in [-0.2, 0) is 9.59 Å². The second kappa shape index (κ2) is 8.60. The second-order valence-electron chi connectivity index (χ2n) is 10.6. The van der Waals surface area contributed by atoms with Gasteiger partial charge >= 0.3 is 4.87 Å². The summed E-state index contributed by atoms with van der Waals surface area (Å²) in [5, 5.41) is 1.17. The van der Waals surface area contributed by atoms with Gasteiger partial charge in [0.15, 0.2) is 0 Å². The Kier molecular flexibility index (Phi) is 5.41. The smallest absolute Gasteiger partial charge is 0.305 e. The molecule has 0 unspecified atom stereocenters. The lowest BCUT2D eigenvalue weighted by Gasteiger charge is -2.43. The van der Waals surface area contributed by atoms with Crippen molar-refractivity contribution in [2.75, 3.05) is 22.9 Å². The molecule has 2 saturated carbocycles. The van der Waals surface area contributed by atoms with Gasteiger partial charge < -0.3 is 9.88 Å². The number of nitrogens with one attached hydrogen (secondary N) is 1. The number of hydrogen-bond donors (Lipinski definition) is 1. The van der Waals surface area contributed by atoms with Crippen molar-refractivity contribution in [3.8, 4) is 0 Å². The van der Waals surface area contributed by atoms with Gasteiger partial charge in [-0.05, 0) is 67.9 Å². The minimum absolute atomic E-state index is 0.0304. The number of anilines is 2. The molecule has 2 aliphatic carbocycles.